The molecule has 1 saturated carbocycles. The van der Waals surface area contributed by atoms with Crippen molar-refractivity contribution in [1.29, 1.82) is 0 Å². The van der Waals surface area contributed by atoms with E-state index in [9.17, 15) is 4.79 Å². The Hall–Kier alpha value is -2.37. The minimum atomic E-state index is 0.0773. The second kappa shape index (κ2) is 5.32. The zero-order chi connectivity index (χ0) is 13.9. The Morgan fingerprint density at radius 3 is 3.05 bits per heavy atom. The van der Waals surface area contributed by atoms with Crippen LogP contribution in [0.25, 0.3) is 11.4 Å². The highest BCUT2D eigenvalue weighted by atomic mass is 16.1. The average Bonchev–Trinajstić information content (AvgIpc) is 3.11. The van der Waals surface area contributed by atoms with Crippen LogP contribution in [-0.4, -0.2) is 26.7 Å². The van der Waals surface area contributed by atoms with E-state index >= 15 is 0 Å². The number of anilines is 1. The third-order valence-corrected chi connectivity index (χ3v) is 3.19. The highest BCUT2D eigenvalue weighted by molar-refractivity contribution is 5.76. The molecule has 6 nitrogen and oxygen atoms in total. The molecule has 104 valence electrons. The van der Waals surface area contributed by atoms with Gasteiger partial charge in [0.15, 0.2) is 5.82 Å². The Morgan fingerprint density at radius 2 is 2.30 bits per heavy atom. The number of nitrogen functional groups attached to an aromatic ring is 1. The zero-order valence-electron chi connectivity index (χ0n) is 11.1. The lowest BCUT2D eigenvalue weighted by Crippen LogP contribution is -2.26. The zero-order valence-corrected chi connectivity index (χ0v) is 11.1. The Labute approximate surface area is 117 Å². The maximum absolute atomic E-state index is 11.6. The summed E-state index contributed by atoms with van der Waals surface area (Å²) in [7, 11) is 0. The number of carbonyl (C=O) groups is 1. The molecule has 1 aliphatic carbocycles. The largest absolute Gasteiger partial charge is 0.399 e. The molecule has 20 heavy (non-hydrogen) atoms. The number of benzene rings is 1. The lowest BCUT2D eigenvalue weighted by molar-refractivity contribution is -0.121. The molecular weight excluding hydrogens is 254 g/mol. The van der Waals surface area contributed by atoms with E-state index in [2.05, 4.69) is 15.4 Å². The van der Waals surface area contributed by atoms with Crippen molar-refractivity contribution in [3.63, 3.8) is 0 Å². The molecule has 1 fully saturated rings. The molecule has 0 radical (unpaired) electrons. The van der Waals surface area contributed by atoms with Crippen LogP contribution in [0.1, 0.15) is 19.3 Å². The summed E-state index contributed by atoms with van der Waals surface area (Å²) in [5.74, 6) is 0.702. The van der Waals surface area contributed by atoms with Gasteiger partial charge in [0.25, 0.3) is 0 Å². The summed E-state index contributed by atoms with van der Waals surface area (Å²) < 4.78 is 1.69. The summed E-state index contributed by atoms with van der Waals surface area (Å²) in [4.78, 5) is 15.8. The van der Waals surface area contributed by atoms with Gasteiger partial charge in [-0.05, 0) is 25.0 Å². The molecular formula is C14H17N5O. The van der Waals surface area contributed by atoms with E-state index in [1.165, 1.54) is 0 Å². The first kappa shape index (κ1) is 12.7. The van der Waals surface area contributed by atoms with E-state index in [1.807, 2.05) is 24.3 Å². The van der Waals surface area contributed by atoms with Crippen LogP contribution in [-0.2, 0) is 11.3 Å². The molecule has 0 bridgehead atoms. The molecule has 1 aromatic heterocycles. The van der Waals surface area contributed by atoms with Crippen molar-refractivity contribution in [1.82, 2.24) is 20.1 Å². The van der Waals surface area contributed by atoms with Gasteiger partial charge < -0.3 is 11.1 Å². The fourth-order valence-electron chi connectivity index (χ4n) is 1.96. The van der Waals surface area contributed by atoms with E-state index in [-0.39, 0.29) is 5.91 Å². The lowest BCUT2D eigenvalue weighted by atomic mass is 10.2. The minimum absolute atomic E-state index is 0.0773. The van der Waals surface area contributed by atoms with Crippen molar-refractivity contribution in [3.8, 4) is 11.4 Å². The monoisotopic (exact) mass is 271 g/mol. The Morgan fingerprint density at radius 1 is 1.45 bits per heavy atom. The van der Waals surface area contributed by atoms with Crippen LogP contribution in [0.5, 0.6) is 0 Å². The summed E-state index contributed by atoms with van der Waals surface area (Å²) in [6.45, 7) is 0.536. The second-order valence-electron chi connectivity index (χ2n) is 5.05. The molecule has 6 heteroatoms. The maximum atomic E-state index is 11.6. The van der Waals surface area contributed by atoms with Crippen molar-refractivity contribution in [2.45, 2.75) is 31.8 Å². The third-order valence-electron chi connectivity index (χ3n) is 3.19. The quantitative estimate of drug-likeness (QED) is 0.800. The van der Waals surface area contributed by atoms with Gasteiger partial charge in [-0.2, -0.15) is 5.10 Å². The molecule has 0 saturated heterocycles. The van der Waals surface area contributed by atoms with E-state index in [0.29, 0.717) is 30.5 Å². The van der Waals surface area contributed by atoms with Gasteiger partial charge in [0.1, 0.15) is 6.33 Å². The van der Waals surface area contributed by atoms with E-state index in [1.54, 1.807) is 11.0 Å². The van der Waals surface area contributed by atoms with Gasteiger partial charge in [-0.3, -0.25) is 9.48 Å². The first-order chi connectivity index (χ1) is 9.70. The van der Waals surface area contributed by atoms with Crippen LogP contribution in [0.15, 0.2) is 30.6 Å². The van der Waals surface area contributed by atoms with Crippen molar-refractivity contribution in [2.24, 2.45) is 0 Å². The number of rotatable bonds is 5. The van der Waals surface area contributed by atoms with Crippen molar-refractivity contribution < 1.29 is 4.79 Å². The smallest absolute Gasteiger partial charge is 0.222 e. The molecule has 0 spiro atoms. The molecule has 0 atom stereocenters. The molecule has 2 aromatic rings. The molecule has 1 aliphatic rings. The number of amides is 1. The molecule has 3 rings (SSSR count). The third kappa shape index (κ3) is 3.14. The first-order valence-corrected chi connectivity index (χ1v) is 6.75. The van der Waals surface area contributed by atoms with Crippen molar-refractivity contribution >= 4 is 11.6 Å². The van der Waals surface area contributed by atoms with Gasteiger partial charge in [0.05, 0.1) is 6.54 Å². The van der Waals surface area contributed by atoms with Crippen molar-refractivity contribution in [3.05, 3.63) is 30.6 Å². The van der Waals surface area contributed by atoms with Crippen molar-refractivity contribution in [2.75, 3.05) is 5.73 Å². The average molecular weight is 271 g/mol. The Bertz CT molecular complexity index is 618. The van der Waals surface area contributed by atoms with E-state index in [0.717, 1.165) is 18.4 Å². The molecule has 1 amide bonds. The summed E-state index contributed by atoms with van der Waals surface area (Å²) in [6, 6.07) is 7.84. The van der Waals surface area contributed by atoms with Crippen LogP contribution in [0, 0.1) is 0 Å². The maximum Gasteiger partial charge on any atom is 0.222 e. The number of hydrogen-bond donors (Lipinski definition) is 2. The van der Waals surface area contributed by atoms with E-state index in [4.69, 9.17) is 5.73 Å². The topological polar surface area (TPSA) is 85.8 Å². The number of nitrogens with one attached hydrogen (secondary N) is 1. The number of aryl methyl sites for hydroxylation is 1. The summed E-state index contributed by atoms with van der Waals surface area (Å²) in [6.07, 6.45) is 4.28. The molecule has 1 heterocycles. The molecule has 1 aromatic carbocycles. The van der Waals surface area contributed by atoms with E-state index < -0.39 is 0 Å². The van der Waals surface area contributed by atoms with Gasteiger partial charge in [-0.1, -0.05) is 12.1 Å². The predicted octanol–water partition coefficient (Wildman–Crippen LogP) is 1.20. The van der Waals surface area contributed by atoms with Crippen LogP contribution < -0.4 is 11.1 Å². The van der Waals surface area contributed by atoms with Crippen LogP contribution in [0.3, 0.4) is 0 Å². The molecule has 3 N–H and O–H groups in total. The minimum Gasteiger partial charge on any atom is -0.399 e. The fourth-order valence-corrected chi connectivity index (χ4v) is 1.96. The number of nitrogens with zero attached hydrogens (tertiary/aromatic N) is 3. The highest BCUT2D eigenvalue weighted by Gasteiger charge is 2.22. The normalized spacial score (nSPS) is 14.2. The van der Waals surface area contributed by atoms with Crippen LogP contribution >= 0.6 is 0 Å². The summed E-state index contributed by atoms with van der Waals surface area (Å²) in [5.41, 5.74) is 7.30. The second-order valence-corrected chi connectivity index (χ2v) is 5.05. The van der Waals surface area contributed by atoms with Crippen LogP contribution in [0.4, 0.5) is 5.69 Å². The Kier molecular flexibility index (Phi) is 3.37. The Balaban J connectivity index is 1.60. The van der Waals surface area contributed by atoms with Crippen LogP contribution in [0.2, 0.25) is 0 Å². The molecule has 0 unspecified atom stereocenters. The molecule has 0 aliphatic heterocycles. The fraction of sp³-hybridized carbons (Fsp3) is 0.357. The van der Waals surface area contributed by atoms with Gasteiger partial charge in [0, 0.05) is 23.7 Å². The van der Waals surface area contributed by atoms with Gasteiger partial charge in [-0.25, -0.2) is 4.98 Å². The lowest BCUT2D eigenvalue weighted by Gasteiger charge is -2.02. The number of nitrogens with two attached hydrogens (primary N) is 1. The summed E-state index contributed by atoms with van der Waals surface area (Å²) >= 11 is 0. The van der Waals surface area contributed by atoms with Gasteiger partial charge >= 0.3 is 0 Å². The SMILES string of the molecule is Nc1cccc(-c2ncn(CCC(=O)NC3CC3)n2)c1. The summed E-state index contributed by atoms with van der Waals surface area (Å²) in [5, 5.41) is 7.31. The highest BCUT2D eigenvalue weighted by Crippen LogP contribution is 2.19. The predicted molar refractivity (Wildman–Crippen MR) is 75.7 cm³/mol. The number of hydrogen-bond acceptors (Lipinski definition) is 4. The first-order valence-electron chi connectivity index (χ1n) is 6.75. The number of aromatic nitrogens is 3. The van der Waals surface area contributed by atoms with Gasteiger partial charge in [-0.15, -0.1) is 0 Å². The number of carbonyl (C=O) groups excluding carboxylic acids is 1. The standard InChI is InChI=1S/C14H17N5O/c15-11-3-1-2-10(8-11)14-16-9-19(18-14)7-6-13(20)17-12-4-5-12/h1-3,8-9,12H,4-7,15H2,(H,17,20). The van der Waals surface area contributed by atoms with Gasteiger partial charge in [0.2, 0.25) is 5.91 Å².